The highest BCUT2D eigenvalue weighted by atomic mass is 32.1. The van der Waals surface area contributed by atoms with Crippen LogP contribution < -0.4 is 0 Å². The molecule has 0 aliphatic rings. The molecule has 29 heavy (non-hydrogen) atoms. The van der Waals surface area contributed by atoms with Gasteiger partial charge in [-0.25, -0.2) is 18.2 Å². The first-order valence-electron chi connectivity index (χ1n) is 9.01. The van der Waals surface area contributed by atoms with Gasteiger partial charge in [-0.1, -0.05) is 11.6 Å². The van der Waals surface area contributed by atoms with Crippen molar-refractivity contribution in [2.24, 2.45) is 0 Å². The van der Waals surface area contributed by atoms with Crippen molar-refractivity contribution in [2.45, 2.75) is 27.3 Å². The molecule has 0 N–H and O–H groups in total. The van der Waals surface area contributed by atoms with Crippen molar-refractivity contribution >= 4 is 38.4 Å². The van der Waals surface area contributed by atoms with E-state index in [4.69, 9.17) is 4.74 Å². The average molecular weight is 418 g/mol. The van der Waals surface area contributed by atoms with Gasteiger partial charge in [0.1, 0.15) is 22.9 Å². The van der Waals surface area contributed by atoms with E-state index < -0.39 is 17.5 Å². The number of ether oxygens (including phenoxy) is 1. The molecule has 0 aliphatic heterocycles. The smallest absolute Gasteiger partial charge is 0.325 e. The zero-order chi connectivity index (χ0) is 20.9. The minimum Gasteiger partial charge on any atom is -0.465 e. The molecule has 0 radical (unpaired) electrons. The van der Waals surface area contributed by atoms with E-state index in [-0.39, 0.29) is 29.3 Å². The van der Waals surface area contributed by atoms with Crippen LogP contribution in [0.25, 0.3) is 31.7 Å². The molecule has 4 aromatic rings. The lowest BCUT2D eigenvalue weighted by Crippen LogP contribution is -2.14. The van der Waals surface area contributed by atoms with Gasteiger partial charge < -0.3 is 9.30 Å². The van der Waals surface area contributed by atoms with Crippen LogP contribution in [-0.2, 0) is 16.1 Å². The van der Waals surface area contributed by atoms with Gasteiger partial charge in [-0.2, -0.15) is 0 Å². The summed E-state index contributed by atoms with van der Waals surface area (Å²) in [6.07, 6.45) is 0. The minimum atomic E-state index is -1.27. The Hall–Kier alpha value is -2.87. The van der Waals surface area contributed by atoms with Crippen LogP contribution in [-0.4, -0.2) is 22.1 Å². The van der Waals surface area contributed by atoms with Crippen LogP contribution >= 0.6 is 11.3 Å². The van der Waals surface area contributed by atoms with E-state index in [0.29, 0.717) is 22.3 Å². The van der Waals surface area contributed by atoms with Crippen molar-refractivity contribution in [3.8, 4) is 10.6 Å². The summed E-state index contributed by atoms with van der Waals surface area (Å²) in [5, 5.41) is 1.16. The van der Waals surface area contributed by atoms with Crippen molar-refractivity contribution in [1.29, 1.82) is 0 Å². The van der Waals surface area contributed by atoms with Crippen molar-refractivity contribution in [3.63, 3.8) is 0 Å². The normalized spacial score (nSPS) is 11.5. The van der Waals surface area contributed by atoms with Crippen molar-refractivity contribution in [3.05, 3.63) is 53.0 Å². The fourth-order valence-corrected chi connectivity index (χ4v) is 4.57. The van der Waals surface area contributed by atoms with Gasteiger partial charge in [-0.05, 0) is 32.9 Å². The van der Waals surface area contributed by atoms with Gasteiger partial charge in [0.25, 0.3) is 0 Å². The second-order valence-corrected chi connectivity index (χ2v) is 7.72. The van der Waals surface area contributed by atoms with Gasteiger partial charge in [-0.15, -0.1) is 11.3 Å². The maximum Gasteiger partial charge on any atom is 0.325 e. The number of carbonyl (C=O) groups is 1. The Morgan fingerprint density at radius 1 is 1.17 bits per heavy atom. The highest BCUT2D eigenvalue weighted by Crippen LogP contribution is 2.40. The molecule has 0 amide bonds. The topological polar surface area (TPSA) is 44.1 Å². The van der Waals surface area contributed by atoms with Gasteiger partial charge in [0.15, 0.2) is 11.6 Å². The maximum absolute atomic E-state index is 14.2. The van der Waals surface area contributed by atoms with Gasteiger partial charge in [-0.3, -0.25) is 4.79 Å². The lowest BCUT2D eigenvalue weighted by Gasteiger charge is -2.08. The number of halogens is 3. The predicted octanol–water partition coefficient (Wildman–Crippen LogP) is 5.52. The fourth-order valence-electron chi connectivity index (χ4n) is 3.50. The SMILES string of the molecule is CCOC(=O)Cn1c(C)c(-c2nc3c(F)c(F)cc(F)c3s2)c2cc(C)ccc21. The number of hydrogen-bond donors (Lipinski definition) is 0. The van der Waals surface area contributed by atoms with Gasteiger partial charge in [0.05, 0.1) is 11.3 Å². The number of aromatic nitrogens is 2. The largest absolute Gasteiger partial charge is 0.465 e. The Kier molecular flexibility index (Phi) is 4.82. The van der Waals surface area contributed by atoms with Crippen LogP contribution in [0, 0.1) is 31.3 Å². The number of benzene rings is 2. The first-order valence-corrected chi connectivity index (χ1v) is 9.83. The number of thiazole rings is 1. The zero-order valence-corrected chi connectivity index (χ0v) is 16.8. The number of rotatable bonds is 4. The average Bonchev–Trinajstić information content (AvgIpc) is 3.20. The van der Waals surface area contributed by atoms with Crippen LogP contribution in [0.5, 0.6) is 0 Å². The zero-order valence-electron chi connectivity index (χ0n) is 16.0. The predicted molar refractivity (Wildman–Crippen MR) is 107 cm³/mol. The van der Waals surface area contributed by atoms with E-state index in [2.05, 4.69) is 4.98 Å². The van der Waals surface area contributed by atoms with E-state index in [1.54, 1.807) is 11.5 Å². The van der Waals surface area contributed by atoms with Gasteiger partial charge >= 0.3 is 5.97 Å². The Labute approximate surface area is 168 Å². The molecule has 2 heterocycles. The van der Waals surface area contributed by atoms with E-state index >= 15 is 0 Å². The molecule has 0 saturated carbocycles. The number of esters is 1. The highest BCUT2D eigenvalue weighted by molar-refractivity contribution is 7.21. The van der Waals surface area contributed by atoms with E-state index in [1.165, 1.54) is 0 Å². The molecule has 8 heteroatoms. The lowest BCUT2D eigenvalue weighted by molar-refractivity contribution is -0.143. The molecule has 0 atom stereocenters. The van der Waals surface area contributed by atoms with Crippen molar-refractivity contribution in [2.75, 3.05) is 6.61 Å². The first-order chi connectivity index (χ1) is 13.8. The van der Waals surface area contributed by atoms with Crippen LogP contribution in [0.15, 0.2) is 24.3 Å². The molecule has 0 bridgehead atoms. The summed E-state index contributed by atoms with van der Waals surface area (Å²) in [6, 6.07) is 6.26. The molecular weight excluding hydrogens is 401 g/mol. The summed E-state index contributed by atoms with van der Waals surface area (Å²) in [5.41, 5.74) is 2.80. The monoisotopic (exact) mass is 418 g/mol. The maximum atomic E-state index is 14.2. The Morgan fingerprint density at radius 2 is 1.93 bits per heavy atom. The molecule has 0 aliphatic carbocycles. The molecule has 2 aromatic carbocycles. The Bertz CT molecular complexity index is 1280. The number of fused-ring (bicyclic) bond motifs is 2. The van der Waals surface area contributed by atoms with E-state index in [9.17, 15) is 18.0 Å². The van der Waals surface area contributed by atoms with Crippen LogP contribution in [0.4, 0.5) is 13.2 Å². The Balaban J connectivity index is 1.99. The summed E-state index contributed by atoms with van der Waals surface area (Å²) >= 11 is 0.955. The molecule has 4 nitrogen and oxygen atoms in total. The summed E-state index contributed by atoms with van der Waals surface area (Å²) in [5.74, 6) is -3.69. The molecule has 0 spiro atoms. The number of carbonyl (C=O) groups excluding carboxylic acids is 1. The summed E-state index contributed by atoms with van der Waals surface area (Å²) in [7, 11) is 0. The molecule has 4 rings (SSSR count). The summed E-state index contributed by atoms with van der Waals surface area (Å²) in [6.45, 7) is 5.74. The second kappa shape index (κ2) is 7.18. The van der Waals surface area contributed by atoms with Gasteiger partial charge in [0, 0.05) is 28.2 Å². The highest BCUT2D eigenvalue weighted by Gasteiger charge is 2.23. The van der Waals surface area contributed by atoms with Crippen LogP contribution in [0.1, 0.15) is 18.2 Å². The van der Waals surface area contributed by atoms with Crippen LogP contribution in [0.2, 0.25) is 0 Å². The first kappa shape index (κ1) is 19.4. The number of aryl methyl sites for hydroxylation is 1. The van der Waals surface area contributed by atoms with Crippen molar-refractivity contribution < 1.29 is 22.7 Å². The third-order valence-electron chi connectivity index (χ3n) is 4.80. The lowest BCUT2D eigenvalue weighted by atomic mass is 10.1. The third kappa shape index (κ3) is 3.17. The third-order valence-corrected chi connectivity index (χ3v) is 5.88. The summed E-state index contributed by atoms with van der Waals surface area (Å²) in [4.78, 5) is 16.3. The Morgan fingerprint density at radius 3 is 2.66 bits per heavy atom. The summed E-state index contributed by atoms with van der Waals surface area (Å²) < 4.78 is 48.8. The van der Waals surface area contributed by atoms with E-state index in [0.717, 1.165) is 27.8 Å². The molecule has 0 unspecified atom stereocenters. The fraction of sp³-hybridized carbons (Fsp3) is 0.238. The minimum absolute atomic E-state index is 0.00147. The molecule has 0 saturated heterocycles. The van der Waals surface area contributed by atoms with Crippen molar-refractivity contribution in [1.82, 2.24) is 9.55 Å². The standard InChI is InChI=1S/C21H17F3N2O2S/c1-4-28-16(27)9-26-11(3)17(12-7-10(2)5-6-15(12)26)21-25-19-18(24)13(22)8-14(23)20(19)29-21/h5-8H,4,9H2,1-3H3. The number of nitrogens with zero attached hydrogens (tertiary/aromatic N) is 2. The quantitative estimate of drug-likeness (QED) is 0.324. The second-order valence-electron chi connectivity index (χ2n) is 6.72. The molecule has 0 fully saturated rings. The number of hydrogen-bond acceptors (Lipinski definition) is 4. The molecule has 150 valence electrons. The van der Waals surface area contributed by atoms with E-state index in [1.807, 2.05) is 32.0 Å². The van der Waals surface area contributed by atoms with Crippen LogP contribution in [0.3, 0.4) is 0 Å². The molecule has 2 aromatic heterocycles. The molecular formula is C21H17F3N2O2S. The van der Waals surface area contributed by atoms with Gasteiger partial charge in [0.2, 0.25) is 0 Å².